The molecule has 6 aliphatic rings. The number of carbonyl (C=O) groups is 2. The molecule has 1 amide bonds. The number of ether oxygens (including phenoxy) is 4. The van der Waals surface area contributed by atoms with E-state index in [9.17, 15) is 45.3 Å². The minimum atomic E-state index is -1.63. The number of aliphatic hydroxyl groups excluding tert-OH is 7. The zero-order chi connectivity index (χ0) is 42.4. The van der Waals surface area contributed by atoms with Crippen molar-refractivity contribution in [3.63, 3.8) is 0 Å². The maximum Gasteiger partial charge on any atom is 0.220 e. The highest BCUT2D eigenvalue weighted by Gasteiger charge is 2.63. The highest BCUT2D eigenvalue weighted by molar-refractivity contribution is 5.81. The molecular formula is C44H75NO13. The van der Waals surface area contributed by atoms with Crippen molar-refractivity contribution in [2.24, 2.45) is 58.2 Å². The molecule has 58 heavy (non-hydrogen) atoms. The molecule has 2 saturated heterocycles. The Kier molecular flexibility index (Phi) is 14.8. The van der Waals surface area contributed by atoms with Gasteiger partial charge >= 0.3 is 0 Å². The van der Waals surface area contributed by atoms with Crippen LogP contribution in [0.2, 0.25) is 0 Å². The van der Waals surface area contributed by atoms with Crippen molar-refractivity contribution in [2.45, 2.75) is 193 Å². The first-order valence-corrected chi connectivity index (χ1v) is 22.4. The van der Waals surface area contributed by atoms with E-state index < -0.39 is 74.1 Å². The van der Waals surface area contributed by atoms with Crippen molar-refractivity contribution < 1.29 is 64.3 Å². The lowest BCUT2D eigenvalue weighted by atomic mass is 9.44. The highest BCUT2D eigenvalue weighted by Crippen LogP contribution is 2.68. The zero-order valence-corrected chi connectivity index (χ0v) is 35.8. The molecule has 334 valence electrons. The summed E-state index contributed by atoms with van der Waals surface area (Å²) in [6, 6.07) is 0. The van der Waals surface area contributed by atoms with Crippen LogP contribution in [-0.4, -0.2) is 134 Å². The van der Waals surface area contributed by atoms with Gasteiger partial charge in [0.15, 0.2) is 12.6 Å². The fourth-order valence-corrected chi connectivity index (χ4v) is 12.8. The van der Waals surface area contributed by atoms with Crippen LogP contribution >= 0.6 is 0 Å². The summed E-state index contributed by atoms with van der Waals surface area (Å²) >= 11 is 0. The van der Waals surface area contributed by atoms with Crippen molar-refractivity contribution in [1.82, 2.24) is 5.32 Å². The number of hydrogen-bond donors (Lipinski definition) is 8. The number of aliphatic hydroxyl groups is 7. The van der Waals surface area contributed by atoms with E-state index in [2.05, 4.69) is 26.1 Å². The second kappa shape index (κ2) is 18.6. The number of fused-ring (bicyclic) bond motifs is 5. The standard InChI is InChI=1S/C44H75NO13/c1-21(2)16-33(49)45-19-22(3)8-11-30(47)23(4)34-31(48)18-29-27-10-9-25-17-26(12-14-43(25,6)28(27)13-15-44(29,34)7)56-42-39(54)37(52)40(32(20-46)57-42)58-41-38(53)36(51)35(50)24(5)55-41/h21-29,31-32,34-42,46,48,50-54H,8-20H2,1-7H3,(H,45,49). The summed E-state index contributed by atoms with van der Waals surface area (Å²) in [4.78, 5) is 25.8. The van der Waals surface area contributed by atoms with Crippen LogP contribution < -0.4 is 5.32 Å². The number of carbonyl (C=O) groups excluding carboxylic acids is 2. The van der Waals surface area contributed by atoms with Crippen molar-refractivity contribution in [1.29, 1.82) is 0 Å². The predicted molar refractivity (Wildman–Crippen MR) is 212 cm³/mol. The first kappa shape index (κ1) is 46.2. The largest absolute Gasteiger partial charge is 0.394 e. The highest BCUT2D eigenvalue weighted by atomic mass is 16.7. The Morgan fingerprint density at radius 3 is 2.16 bits per heavy atom. The van der Waals surface area contributed by atoms with Crippen LogP contribution in [-0.2, 0) is 28.5 Å². The fourth-order valence-electron chi connectivity index (χ4n) is 12.8. The Labute approximate surface area is 344 Å². The van der Waals surface area contributed by atoms with Gasteiger partial charge in [-0.3, -0.25) is 9.59 Å². The van der Waals surface area contributed by atoms with Gasteiger partial charge in [-0.1, -0.05) is 41.5 Å². The second-order valence-electron chi connectivity index (χ2n) is 20.4. The number of rotatable bonds is 14. The molecule has 2 aliphatic heterocycles. The number of hydrogen-bond acceptors (Lipinski definition) is 13. The van der Waals surface area contributed by atoms with E-state index >= 15 is 0 Å². The monoisotopic (exact) mass is 826 g/mol. The Bertz CT molecular complexity index is 1400. The summed E-state index contributed by atoms with van der Waals surface area (Å²) in [6.07, 6.45) is -5.42. The maximum atomic E-state index is 13.7. The van der Waals surface area contributed by atoms with Gasteiger partial charge < -0.3 is 60.0 Å². The van der Waals surface area contributed by atoms with Crippen LogP contribution in [0.25, 0.3) is 0 Å². The summed E-state index contributed by atoms with van der Waals surface area (Å²) in [5, 5.41) is 77.9. The number of ketones is 1. The van der Waals surface area contributed by atoms with Crippen LogP contribution in [0.4, 0.5) is 0 Å². The third-order valence-corrected chi connectivity index (χ3v) is 16.1. The van der Waals surface area contributed by atoms with Gasteiger partial charge in [0.25, 0.3) is 0 Å². The van der Waals surface area contributed by atoms with E-state index in [1.165, 1.54) is 6.92 Å². The average molecular weight is 826 g/mol. The third kappa shape index (κ3) is 9.09. The Balaban J connectivity index is 1.03. The summed E-state index contributed by atoms with van der Waals surface area (Å²) in [5.41, 5.74) is -0.0419. The van der Waals surface area contributed by atoms with E-state index in [1.807, 2.05) is 20.8 Å². The van der Waals surface area contributed by atoms with Gasteiger partial charge in [-0.2, -0.15) is 0 Å². The summed E-state index contributed by atoms with van der Waals surface area (Å²) in [7, 11) is 0. The molecule has 0 radical (unpaired) electrons. The third-order valence-electron chi connectivity index (χ3n) is 16.1. The Morgan fingerprint density at radius 2 is 1.47 bits per heavy atom. The molecule has 21 atom stereocenters. The van der Waals surface area contributed by atoms with Crippen molar-refractivity contribution in [2.75, 3.05) is 13.2 Å². The molecule has 0 aromatic carbocycles. The normalized spacial score (nSPS) is 47.7. The molecule has 0 spiro atoms. The van der Waals surface area contributed by atoms with E-state index in [0.29, 0.717) is 55.4 Å². The lowest BCUT2D eigenvalue weighted by molar-refractivity contribution is -0.361. The van der Waals surface area contributed by atoms with Gasteiger partial charge in [0.2, 0.25) is 5.91 Å². The number of Topliss-reactive ketones (excluding diaryl/α,β-unsaturated/α-hetero) is 1. The van der Waals surface area contributed by atoms with Gasteiger partial charge in [0.05, 0.1) is 24.9 Å². The molecule has 0 aromatic rings. The molecular weight excluding hydrogens is 750 g/mol. The summed E-state index contributed by atoms with van der Waals surface area (Å²) in [6.45, 7) is 14.4. The van der Waals surface area contributed by atoms with Gasteiger partial charge in [-0.15, -0.1) is 0 Å². The summed E-state index contributed by atoms with van der Waals surface area (Å²) in [5.74, 6) is 2.14. The molecule has 4 aliphatic carbocycles. The topological polar surface area (TPSA) is 225 Å². The zero-order valence-electron chi connectivity index (χ0n) is 35.8. The lowest BCUT2D eigenvalue weighted by Crippen LogP contribution is -2.64. The smallest absolute Gasteiger partial charge is 0.220 e. The lowest BCUT2D eigenvalue weighted by Gasteiger charge is -2.61. The van der Waals surface area contributed by atoms with E-state index in [4.69, 9.17) is 18.9 Å². The van der Waals surface area contributed by atoms with Gasteiger partial charge in [-0.25, -0.2) is 0 Å². The average Bonchev–Trinajstić information content (AvgIpc) is 3.45. The maximum absolute atomic E-state index is 13.7. The van der Waals surface area contributed by atoms with Crippen molar-refractivity contribution in [3.05, 3.63) is 0 Å². The van der Waals surface area contributed by atoms with E-state index in [-0.39, 0.29) is 46.4 Å². The number of nitrogens with one attached hydrogen (secondary N) is 1. The quantitative estimate of drug-likeness (QED) is 0.118. The van der Waals surface area contributed by atoms with Crippen LogP contribution in [0, 0.1) is 58.2 Å². The minimum absolute atomic E-state index is 0.0532. The Hall–Kier alpha value is -1.30. The molecule has 0 bridgehead atoms. The SMILES string of the molecule is CC(C)CC(=O)NCC(C)CCC(=O)C(C)C1C(O)CC2C3CCC4CC(OC5OC(CO)C(OC6OC(C)C(O)C(O)C6O)C(O)C5O)CCC4(C)C3CCC21C. The van der Waals surface area contributed by atoms with Crippen molar-refractivity contribution >= 4 is 11.7 Å². The molecule has 2 heterocycles. The first-order valence-electron chi connectivity index (χ1n) is 22.4. The second-order valence-corrected chi connectivity index (χ2v) is 20.4. The molecule has 8 N–H and O–H groups in total. The van der Waals surface area contributed by atoms with Crippen molar-refractivity contribution in [3.8, 4) is 0 Å². The Morgan fingerprint density at radius 1 is 0.793 bits per heavy atom. The first-order chi connectivity index (χ1) is 27.3. The van der Waals surface area contributed by atoms with Crippen LogP contribution in [0.15, 0.2) is 0 Å². The number of amides is 1. The fraction of sp³-hybridized carbons (Fsp3) is 0.955. The molecule has 6 rings (SSSR count). The summed E-state index contributed by atoms with van der Waals surface area (Å²) < 4.78 is 23.7. The van der Waals surface area contributed by atoms with E-state index in [1.54, 1.807) is 0 Å². The minimum Gasteiger partial charge on any atom is -0.394 e. The molecule has 6 fully saturated rings. The van der Waals surface area contributed by atoms with Crippen LogP contribution in [0.3, 0.4) is 0 Å². The molecule has 0 aromatic heterocycles. The van der Waals surface area contributed by atoms with Gasteiger partial charge in [0, 0.05) is 25.3 Å². The van der Waals surface area contributed by atoms with Crippen LogP contribution in [0.1, 0.15) is 119 Å². The van der Waals surface area contributed by atoms with E-state index in [0.717, 1.165) is 51.4 Å². The predicted octanol–water partition coefficient (Wildman–Crippen LogP) is 2.44. The molecule has 21 unspecified atom stereocenters. The van der Waals surface area contributed by atoms with Gasteiger partial charge in [-0.05, 0) is 117 Å². The molecule has 14 heteroatoms. The van der Waals surface area contributed by atoms with Crippen LogP contribution in [0.5, 0.6) is 0 Å². The molecule has 4 saturated carbocycles. The van der Waals surface area contributed by atoms with Gasteiger partial charge in [0.1, 0.15) is 48.5 Å². The molecule has 14 nitrogen and oxygen atoms in total.